The smallest absolute Gasteiger partial charge is 0.392 e. The first kappa shape index (κ1) is 50.7. The first-order chi connectivity index (χ1) is 32.2. The number of piperidine rings is 2. The second kappa shape index (κ2) is 21.2. The number of halogens is 7. The quantitative estimate of drug-likeness (QED) is 0.0788. The Bertz CT molecular complexity index is 2520. The third-order valence-electron chi connectivity index (χ3n) is 12.6. The largest absolute Gasteiger partial charge is 0.477 e. The molecule has 2 saturated carbocycles. The Morgan fingerprint density at radius 2 is 1.10 bits per heavy atom. The molecule has 4 N–H and O–H groups in total. The number of anilines is 4. The SMILES string of the molecule is O=C(Nc1cccc(OCCC(F)(F)F)n1)c1ccc(Br)cc1N1CCC2(CC1)CC2.O=C(Nc1cccc(OCCC(F)(F)F)n1)c1ccc(S(=O)(=O)NCCO)cc1N1CCC2(CC1)CC2. The Labute approximate surface area is 398 Å². The highest BCUT2D eigenvalue weighted by Gasteiger charge is 2.46. The van der Waals surface area contributed by atoms with E-state index in [1.807, 2.05) is 17.0 Å². The van der Waals surface area contributed by atoms with E-state index in [0.717, 1.165) is 48.9 Å². The number of benzene rings is 2. The molecule has 4 heterocycles. The maximum Gasteiger partial charge on any atom is 0.392 e. The van der Waals surface area contributed by atoms with Crippen LogP contribution in [-0.4, -0.2) is 100 Å². The van der Waals surface area contributed by atoms with Crippen LogP contribution in [0.25, 0.3) is 0 Å². The Balaban J connectivity index is 0.000000204. The molecule has 14 nitrogen and oxygen atoms in total. The fourth-order valence-corrected chi connectivity index (χ4v) is 9.58. The lowest BCUT2D eigenvalue weighted by Gasteiger charge is -2.35. The Hall–Kier alpha value is -5.19. The summed E-state index contributed by atoms with van der Waals surface area (Å²) in [7, 11) is -3.90. The number of amides is 2. The number of carbonyl (C=O) groups is 2. The molecule has 0 atom stereocenters. The van der Waals surface area contributed by atoms with Crippen LogP contribution in [0.3, 0.4) is 0 Å². The van der Waals surface area contributed by atoms with Gasteiger partial charge in [-0.3, -0.25) is 9.59 Å². The molecule has 2 aromatic heterocycles. The highest BCUT2D eigenvalue weighted by Crippen LogP contribution is 2.55. The number of hydrogen-bond donors (Lipinski definition) is 4. The summed E-state index contributed by atoms with van der Waals surface area (Å²) in [5, 5.41) is 14.4. The molecule has 8 rings (SSSR count). The maximum atomic E-state index is 13.2. The van der Waals surface area contributed by atoms with Crippen LogP contribution in [0.2, 0.25) is 0 Å². The third kappa shape index (κ3) is 14.2. The van der Waals surface area contributed by atoms with Crippen molar-refractivity contribution in [1.29, 1.82) is 0 Å². The summed E-state index contributed by atoms with van der Waals surface area (Å²) in [6.07, 6.45) is -1.70. The first-order valence-electron chi connectivity index (χ1n) is 22.2. The van der Waals surface area contributed by atoms with Crippen molar-refractivity contribution < 1.29 is 58.9 Å². The Morgan fingerprint density at radius 1 is 0.662 bits per heavy atom. The lowest BCUT2D eigenvalue weighted by Crippen LogP contribution is -2.36. The summed E-state index contributed by atoms with van der Waals surface area (Å²) in [6.45, 7) is 1.56. The summed E-state index contributed by atoms with van der Waals surface area (Å²) in [4.78, 5) is 38.6. The number of rotatable bonds is 16. The minimum absolute atomic E-state index is 0.0302. The molecule has 2 saturated heterocycles. The summed E-state index contributed by atoms with van der Waals surface area (Å²) in [5.41, 5.74) is 2.97. The molecule has 2 spiro atoms. The number of nitrogens with one attached hydrogen (secondary N) is 3. The fraction of sp³-hybridized carbons (Fsp3) is 0.478. The summed E-state index contributed by atoms with van der Waals surface area (Å²) in [6, 6.07) is 18.7. The number of sulfonamides is 1. The van der Waals surface area contributed by atoms with Gasteiger partial charge in [0.25, 0.3) is 11.8 Å². The van der Waals surface area contributed by atoms with Gasteiger partial charge in [-0.25, -0.2) is 13.1 Å². The van der Waals surface area contributed by atoms with Gasteiger partial charge in [-0.2, -0.15) is 36.3 Å². The topological polar surface area (TPSA) is 175 Å². The molecule has 2 aromatic carbocycles. The average molecular weight is 1040 g/mol. The van der Waals surface area contributed by atoms with Crippen LogP contribution < -0.4 is 34.6 Å². The first-order valence-corrected chi connectivity index (χ1v) is 24.5. The van der Waals surface area contributed by atoms with E-state index in [1.165, 1.54) is 68.1 Å². The monoisotopic (exact) mass is 1040 g/mol. The molecule has 368 valence electrons. The van der Waals surface area contributed by atoms with E-state index in [1.54, 1.807) is 18.2 Å². The maximum absolute atomic E-state index is 13.2. The zero-order chi connectivity index (χ0) is 48.7. The van der Waals surface area contributed by atoms with E-state index < -0.39 is 54.3 Å². The van der Waals surface area contributed by atoms with Gasteiger partial charge in [-0.05, 0) is 111 Å². The minimum Gasteiger partial charge on any atom is -0.477 e. The number of ether oxygens (including phenoxy) is 2. The van der Waals surface area contributed by atoms with Crippen LogP contribution in [0.5, 0.6) is 11.8 Å². The van der Waals surface area contributed by atoms with Crippen molar-refractivity contribution in [3.8, 4) is 11.8 Å². The number of hydrogen-bond acceptors (Lipinski definition) is 11. The molecule has 22 heteroatoms. The molecule has 4 aromatic rings. The summed E-state index contributed by atoms with van der Waals surface area (Å²) < 4.78 is 113. The zero-order valence-corrected chi connectivity index (χ0v) is 39.3. The molecule has 68 heavy (non-hydrogen) atoms. The molecule has 2 aliphatic carbocycles. The number of carbonyl (C=O) groups excluding carboxylic acids is 2. The van der Waals surface area contributed by atoms with E-state index in [2.05, 4.69) is 46.2 Å². The van der Waals surface area contributed by atoms with Gasteiger partial charge in [0.2, 0.25) is 21.8 Å². The molecule has 0 bridgehead atoms. The molecule has 2 amide bonds. The van der Waals surface area contributed by atoms with Crippen molar-refractivity contribution in [2.75, 3.05) is 73.0 Å². The molecule has 0 unspecified atom stereocenters. The highest BCUT2D eigenvalue weighted by atomic mass is 79.9. The van der Waals surface area contributed by atoms with Crippen LogP contribution in [0.4, 0.5) is 49.4 Å². The number of alkyl halides is 6. The lowest BCUT2D eigenvalue weighted by molar-refractivity contribution is -0.140. The van der Waals surface area contributed by atoms with E-state index in [-0.39, 0.29) is 52.9 Å². The highest BCUT2D eigenvalue weighted by molar-refractivity contribution is 9.10. The van der Waals surface area contributed by atoms with Gasteiger partial charge in [0.1, 0.15) is 11.6 Å². The molecule has 0 radical (unpaired) electrons. The Kier molecular flexibility index (Phi) is 15.8. The van der Waals surface area contributed by atoms with E-state index in [0.29, 0.717) is 35.2 Å². The van der Waals surface area contributed by atoms with Gasteiger partial charge in [0, 0.05) is 49.3 Å². The van der Waals surface area contributed by atoms with Crippen molar-refractivity contribution in [2.45, 2.75) is 81.5 Å². The molecule has 4 fully saturated rings. The zero-order valence-electron chi connectivity index (χ0n) is 36.9. The van der Waals surface area contributed by atoms with Gasteiger partial charge in [-0.15, -0.1) is 0 Å². The van der Waals surface area contributed by atoms with Crippen molar-refractivity contribution >= 4 is 60.8 Å². The number of aromatic nitrogens is 2. The van der Waals surface area contributed by atoms with Crippen molar-refractivity contribution in [3.05, 3.63) is 88.4 Å². The van der Waals surface area contributed by atoms with Crippen LogP contribution >= 0.6 is 15.9 Å². The van der Waals surface area contributed by atoms with Gasteiger partial charge in [0.15, 0.2) is 0 Å². The second-order valence-electron chi connectivity index (χ2n) is 17.5. The standard InChI is InChI=1S/C24H29F3N4O5S.C22H23BrF3N3O2/c25-24(26,27)10-15-36-21-3-1-2-20(29-21)30-22(33)18-5-4-17(37(34,35)28-11-14-32)16-19(18)31-12-8-23(6-7-23)9-13-31;23-15-4-5-16(17(14-15)29-11-8-21(6-7-21)9-12-29)20(30)28-18-2-1-3-19(27-18)31-13-10-22(24,25)26/h1-5,16,28,32H,6-15H2,(H,29,30,33);1-5,14H,6-13H2,(H,27,28,30). The normalized spacial score (nSPS) is 17.2. The lowest BCUT2D eigenvalue weighted by atomic mass is 9.93. The van der Waals surface area contributed by atoms with E-state index >= 15 is 0 Å². The van der Waals surface area contributed by atoms with Crippen molar-refractivity contribution in [3.63, 3.8) is 0 Å². The van der Waals surface area contributed by atoms with E-state index in [9.17, 15) is 44.3 Å². The van der Waals surface area contributed by atoms with Crippen LogP contribution in [-0.2, 0) is 10.0 Å². The van der Waals surface area contributed by atoms with E-state index in [4.69, 9.17) is 14.6 Å². The average Bonchev–Trinajstić information content (AvgIpc) is 4.23. The van der Waals surface area contributed by atoms with Crippen LogP contribution in [0, 0.1) is 10.8 Å². The minimum atomic E-state index is -4.36. The van der Waals surface area contributed by atoms with Gasteiger partial charge in [0.05, 0.1) is 60.1 Å². The number of pyridine rings is 2. The van der Waals surface area contributed by atoms with Crippen molar-refractivity contribution in [2.24, 2.45) is 10.8 Å². The van der Waals surface area contributed by atoms with Crippen LogP contribution in [0.15, 0.2) is 82.2 Å². The number of nitrogens with zero attached hydrogens (tertiary/aromatic N) is 4. The molecular weight excluding hydrogens is 989 g/mol. The number of aliphatic hydroxyl groups is 1. The second-order valence-corrected chi connectivity index (χ2v) is 20.2. The summed E-state index contributed by atoms with van der Waals surface area (Å²) in [5.74, 6) is -0.604. The molecule has 4 aliphatic rings. The summed E-state index contributed by atoms with van der Waals surface area (Å²) >= 11 is 3.49. The molecular formula is C46H52BrF6N7O7S. The van der Waals surface area contributed by atoms with Gasteiger partial charge < -0.3 is 35.0 Å². The fourth-order valence-electron chi connectivity index (χ4n) is 8.19. The van der Waals surface area contributed by atoms with Gasteiger partial charge >= 0.3 is 12.4 Å². The van der Waals surface area contributed by atoms with Crippen molar-refractivity contribution in [1.82, 2.24) is 14.7 Å². The molecule has 2 aliphatic heterocycles. The van der Waals surface area contributed by atoms with Crippen LogP contribution in [0.1, 0.15) is 84.9 Å². The van der Waals surface area contributed by atoms with Gasteiger partial charge in [-0.1, -0.05) is 28.1 Å². The predicted octanol–water partition coefficient (Wildman–Crippen LogP) is 9.12. The Morgan fingerprint density at radius 3 is 1.53 bits per heavy atom. The number of aliphatic hydroxyl groups excluding tert-OH is 1. The third-order valence-corrected chi connectivity index (χ3v) is 14.5. The predicted molar refractivity (Wildman–Crippen MR) is 246 cm³/mol.